The summed E-state index contributed by atoms with van der Waals surface area (Å²) in [6.07, 6.45) is 6.55. The Morgan fingerprint density at radius 2 is 1.67 bits per heavy atom. The number of carbonyl (C=O) groups is 5. The monoisotopic (exact) mass is 673 g/mol. The predicted octanol–water partition coefficient (Wildman–Crippen LogP) is 1.96. The molecule has 8 N–H and O–H groups in total. The molecular weight excluding hydrogens is 631 g/mol. The van der Waals surface area contributed by atoms with Gasteiger partial charge in [-0.1, -0.05) is 58.0 Å². The highest BCUT2D eigenvalue weighted by Crippen LogP contribution is 2.47. The van der Waals surface area contributed by atoms with Crippen LogP contribution in [0.3, 0.4) is 0 Å². The number of aliphatic hydroxyl groups is 1. The van der Waals surface area contributed by atoms with Crippen LogP contribution in [0.4, 0.5) is 0 Å². The molecule has 1 aromatic carbocycles. The molecule has 3 aliphatic rings. The van der Waals surface area contributed by atoms with Crippen molar-refractivity contribution in [2.45, 2.75) is 86.5 Å². The van der Waals surface area contributed by atoms with Crippen molar-refractivity contribution in [1.29, 1.82) is 0 Å². The number of carbonyl (C=O) groups excluding carboxylic acids is 4. The van der Waals surface area contributed by atoms with Crippen molar-refractivity contribution in [3.63, 3.8) is 0 Å². The number of carboxylic acids is 1. The number of allylic oxidation sites excluding steroid dienone is 3. The van der Waals surface area contributed by atoms with E-state index in [1.807, 2.05) is 12.1 Å². The molecule has 0 aromatic heterocycles. The lowest BCUT2D eigenvalue weighted by Gasteiger charge is -2.42. The van der Waals surface area contributed by atoms with Gasteiger partial charge in [0, 0.05) is 11.2 Å². The van der Waals surface area contributed by atoms with Crippen molar-refractivity contribution >= 4 is 51.2 Å². The van der Waals surface area contributed by atoms with Gasteiger partial charge in [0.05, 0.1) is 16.8 Å². The Bertz CT molecular complexity index is 1420. The molecule has 14 heteroatoms. The van der Waals surface area contributed by atoms with Gasteiger partial charge in [0.2, 0.25) is 23.6 Å². The topological polar surface area (TPSA) is 200 Å². The van der Waals surface area contributed by atoms with Crippen LogP contribution in [0.1, 0.15) is 52.5 Å². The summed E-state index contributed by atoms with van der Waals surface area (Å²) in [5.41, 5.74) is 6.14. The minimum Gasteiger partial charge on any atom is -0.508 e. The number of hydrogen-bond acceptors (Lipinski definition) is 9. The molecule has 46 heavy (non-hydrogen) atoms. The molecule has 4 rings (SSSR count). The summed E-state index contributed by atoms with van der Waals surface area (Å²) in [6.45, 7) is 6.32. The first kappa shape index (κ1) is 35.4. The van der Waals surface area contributed by atoms with E-state index in [4.69, 9.17) is 5.73 Å². The fourth-order valence-corrected chi connectivity index (χ4v) is 8.74. The number of benzene rings is 1. The number of amides is 4. The van der Waals surface area contributed by atoms with E-state index < -0.39 is 69.3 Å². The Labute approximate surface area is 276 Å². The number of nitrogens with two attached hydrogens (primary N) is 1. The molecule has 1 aromatic rings. The fourth-order valence-electron chi connectivity index (χ4n) is 5.92. The smallest absolute Gasteiger partial charge is 0.327 e. The van der Waals surface area contributed by atoms with Crippen LogP contribution in [0.15, 0.2) is 54.3 Å². The van der Waals surface area contributed by atoms with Gasteiger partial charge in [-0.25, -0.2) is 4.79 Å². The molecule has 2 fully saturated rings. The maximum Gasteiger partial charge on any atom is 0.327 e. The normalized spacial score (nSPS) is 31.5. The third-order valence-corrected chi connectivity index (χ3v) is 13.0. The number of rotatable bonds is 5. The molecule has 1 heterocycles. The second-order valence-corrected chi connectivity index (χ2v) is 16.7. The average molecular weight is 674 g/mol. The van der Waals surface area contributed by atoms with Crippen LogP contribution in [-0.2, 0) is 30.4 Å². The summed E-state index contributed by atoms with van der Waals surface area (Å²) in [7, 11) is 2.37. The largest absolute Gasteiger partial charge is 0.508 e. The summed E-state index contributed by atoms with van der Waals surface area (Å²) >= 11 is 0. The number of fused-ring (bicyclic) bond motifs is 1. The van der Waals surface area contributed by atoms with E-state index in [1.165, 1.54) is 21.6 Å². The Morgan fingerprint density at radius 1 is 1.00 bits per heavy atom. The van der Waals surface area contributed by atoms with Gasteiger partial charge < -0.3 is 37.2 Å². The van der Waals surface area contributed by atoms with Crippen molar-refractivity contribution in [1.82, 2.24) is 21.3 Å². The van der Waals surface area contributed by atoms with E-state index >= 15 is 0 Å². The molecule has 0 radical (unpaired) electrons. The van der Waals surface area contributed by atoms with Gasteiger partial charge in [0.25, 0.3) is 0 Å². The Kier molecular flexibility index (Phi) is 10.8. The van der Waals surface area contributed by atoms with Crippen molar-refractivity contribution in [3.8, 4) is 0 Å². The van der Waals surface area contributed by atoms with Gasteiger partial charge in [-0.05, 0) is 76.5 Å². The minimum atomic E-state index is -1.35. The number of nitrogens with one attached hydrogen (secondary N) is 4. The first-order valence-electron chi connectivity index (χ1n) is 15.2. The summed E-state index contributed by atoms with van der Waals surface area (Å²) in [5.74, 6) is -3.53. The van der Waals surface area contributed by atoms with E-state index in [9.17, 15) is 34.2 Å². The molecule has 0 spiro atoms. The Balaban J connectivity index is 1.59. The third kappa shape index (κ3) is 8.45. The Morgan fingerprint density at radius 3 is 2.35 bits per heavy atom. The molecule has 6 atom stereocenters. The van der Waals surface area contributed by atoms with Crippen molar-refractivity contribution in [2.75, 3.05) is 6.54 Å². The molecule has 2 unspecified atom stereocenters. The average Bonchev–Trinajstić information content (AvgIpc) is 2.99. The summed E-state index contributed by atoms with van der Waals surface area (Å²) < 4.78 is -2.13. The number of hydrogen-bond donors (Lipinski definition) is 7. The van der Waals surface area contributed by atoms with Crippen LogP contribution in [0.2, 0.25) is 0 Å². The molecular formula is C32H43N5O7S2. The highest BCUT2D eigenvalue weighted by atomic mass is 33.1. The van der Waals surface area contributed by atoms with Crippen molar-refractivity contribution < 1.29 is 34.2 Å². The zero-order chi connectivity index (χ0) is 33.9. The van der Waals surface area contributed by atoms with Gasteiger partial charge in [-0.2, -0.15) is 0 Å². The first-order chi connectivity index (χ1) is 21.5. The highest BCUT2D eigenvalue weighted by Gasteiger charge is 2.48. The molecule has 4 amide bonds. The van der Waals surface area contributed by atoms with Gasteiger partial charge in [0.1, 0.15) is 23.9 Å². The van der Waals surface area contributed by atoms with Gasteiger partial charge >= 0.3 is 5.97 Å². The fraction of sp³-hybridized carbons (Fsp3) is 0.531. The predicted molar refractivity (Wildman–Crippen MR) is 178 cm³/mol. The zero-order valence-electron chi connectivity index (χ0n) is 26.4. The van der Waals surface area contributed by atoms with Gasteiger partial charge in [0.15, 0.2) is 0 Å². The molecule has 1 aliphatic heterocycles. The van der Waals surface area contributed by atoms with Crippen LogP contribution in [0.25, 0.3) is 0 Å². The standard InChI is InChI=1S/C32H43N5O7S2/c1-30(2)24(37-29(44)32(33)13-12-19-15-21(38)11-10-20(19)16-32)27(41)34-17-23(39)35-22(14-18-8-6-5-7-9-18)26(40)36-25(28(42)43)31(3,4)46-45-30/h5-11,15,19-20,22,24-25,38H,12-14,16-17,33H2,1-4H3,(H,34,41)(H,35,39)(H,36,40)(H,37,44)(H,42,43)/t19?,20?,22-,24-,25-,32-/m0/s1. The molecule has 250 valence electrons. The second-order valence-electron chi connectivity index (χ2n) is 13.3. The van der Waals surface area contributed by atoms with E-state index in [1.54, 1.807) is 64.1 Å². The highest BCUT2D eigenvalue weighted by molar-refractivity contribution is 8.77. The first-order valence-corrected chi connectivity index (χ1v) is 17.4. The lowest BCUT2D eigenvalue weighted by atomic mass is 9.68. The number of carboxylic acid groups (broad SMARTS) is 1. The molecule has 0 bridgehead atoms. The Hall–Kier alpha value is -3.49. The number of aliphatic hydroxyl groups excluding tert-OH is 1. The second kappa shape index (κ2) is 14.1. The van der Waals surface area contributed by atoms with Crippen LogP contribution in [0.5, 0.6) is 0 Å². The van der Waals surface area contributed by atoms with E-state index in [2.05, 4.69) is 21.3 Å². The molecule has 1 saturated heterocycles. The lowest BCUT2D eigenvalue weighted by Crippen LogP contribution is -2.65. The summed E-state index contributed by atoms with van der Waals surface area (Å²) in [5, 5.41) is 30.8. The van der Waals surface area contributed by atoms with E-state index in [0.717, 1.165) is 5.56 Å². The molecule has 1 saturated carbocycles. The molecule has 2 aliphatic carbocycles. The van der Waals surface area contributed by atoms with Crippen LogP contribution < -0.4 is 27.0 Å². The van der Waals surface area contributed by atoms with E-state index in [-0.39, 0.29) is 24.0 Å². The van der Waals surface area contributed by atoms with Crippen molar-refractivity contribution in [2.24, 2.45) is 17.6 Å². The van der Waals surface area contributed by atoms with Gasteiger partial charge in [-0.3, -0.25) is 19.2 Å². The van der Waals surface area contributed by atoms with Crippen molar-refractivity contribution in [3.05, 3.63) is 59.9 Å². The maximum atomic E-state index is 13.8. The maximum absolute atomic E-state index is 13.8. The van der Waals surface area contributed by atoms with Crippen LogP contribution in [0, 0.1) is 11.8 Å². The van der Waals surface area contributed by atoms with E-state index in [0.29, 0.717) is 19.3 Å². The SMILES string of the molecule is CC1(C)SSC(C)(C)[C@@H](NC(=O)[C@]2(N)CCC3C=C(O)C=CC3C2)C(=O)NCC(=O)N[C@@H](Cc2ccccc2)C(=O)N[C@H]1C(=O)O. The lowest BCUT2D eigenvalue weighted by molar-refractivity contribution is -0.143. The minimum absolute atomic E-state index is 0.0485. The summed E-state index contributed by atoms with van der Waals surface area (Å²) in [6, 6.07) is 5.33. The van der Waals surface area contributed by atoms with Crippen LogP contribution in [-0.4, -0.2) is 79.5 Å². The van der Waals surface area contributed by atoms with Gasteiger partial charge in [-0.15, -0.1) is 0 Å². The summed E-state index contributed by atoms with van der Waals surface area (Å²) in [4.78, 5) is 66.4. The number of aliphatic carboxylic acids is 1. The quantitative estimate of drug-likeness (QED) is 0.227. The third-order valence-electron chi connectivity index (χ3n) is 8.72. The van der Waals surface area contributed by atoms with Crippen LogP contribution >= 0.6 is 21.6 Å². The zero-order valence-corrected chi connectivity index (χ0v) is 28.0. The molecule has 12 nitrogen and oxygen atoms in total.